The molecule has 2 N–H and O–H groups in total. The highest BCUT2D eigenvalue weighted by molar-refractivity contribution is 5.96. The maximum Gasteiger partial charge on any atom is 0.262 e. The minimum atomic E-state index is -0.0848. The number of ether oxygens (including phenoxy) is 1. The first-order valence-electron chi connectivity index (χ1n) is 7.58. The van der Waals surface area contributed by atoms with Crippen LogP contribution in [-0.4, -0.2) is 18.6 Å². The zero-order valence-corrected chi connectivity index (χ0v) is 11.9. The maximum absolute atomic E-state index is 11.4. The first-order chi connectivity index (χ1) is 9.74. The molecular weight excluding hydrogens is 252 g/mol. The highest BCUT2D eigenvalue weighted by Crippen LogP contribution is 2.33. The van der Waals surface area contributed by atoms with E-state index < -0.39 is 0 Å². The van der Waals surface area contributed by atoms with Crippen LogP contribution in [0.15, 0.2) is 18.2 Å². The summed E-state index contributed by atoms with van der Waals surface area (Å²) in [4.78, 5) is 11.4. The van der Waals surface area contributed by atoms with E-state index in [-0.39, 0.29) is 12.5 Å². The minimum Gasteiger partial charge on any atom is -0.482 e. The summed E-state index contributed by atoms with van der Waals surface area (Å²) >= 11 is 0. The summed E-state index contributed by atoms with van der Waals surface area (Å²) in [5.74, 6) is 1.52. The minimum absolute atomic E-state index is 0.0848. The molecule has 20 heavy (non-hydrogen) atoms. The molecule has 1 fully saturated rings. The van der Waals surface area contributed by atoms with Crippen LogP contribution in [0, 0.1) is 5.92 Å². The number of hydrogen-bond donors (Lipinski definition) is 2. The molecule has 0 bridgehead atoms. The van der Waals surface area contributed by atoms with Crippen molar-refractivity contribution in [3.8, 4) is 5.75 Å². The summed E-state index contributed by atoms with van der Waals surface area (Å²) in [5, 5.41) is 6.46. The molecule has 2 aliphatic rings. The van der Waals surface area contributed by atoms with E-state index in [4.69, 9.17) is 4.74 Å². The lowest BCUT2D eigenvalue weighted by molar-refractivity contribution is -0.118. The number of anilines is 2. The lowest BCUT2D eigenvalue weighted by Crippen LogP contribution is -2.28. The van der Waals surface area contributed by atoms with Crippen LogP contribution >= 0.6 is 0 Å². The van der Waals surface area contributed by atoms with Gasteiger partial charge in [0, 0.05) is 11.7 Å². The molecule has 1 aliphatic carbocycles. The third-order valence-electron chi connectivity index (χ3n) is 4.34. The Bertz CT molecular complexity index is 501. The van der Waals surface area contributed by atoms with E-state index in [1.54, 1.807) is 0 Å². The molecular formula is C16H22N2O2. The van der Waals surface area contributed by atoms with Gasteiger partial charge >= 0.3 is 0 Å². The van der Waals surface area contributed by atoms with Crippen molar-refractivity contribution in [1.82, 2.24) is 0 Å². The molecule has 0 spiro atoms. The second-order valence-corrected chi connectivity index (χ2v) is 5.83. The van der Waals surface area contributed by atoms with Crippen molar-refractivity contribution in [2.24, 2.45) is 5.92 Å². The highest BCUT2D eigenvalue weighted by atomic mass is 16.5. The topological polar surface area (TPSA) is 50.4 Å². The van der Waals surface area contributed by atoms with Crippen molar-refractivity contribution in [3.05, 3.63) is 18.2 Å². The summed E-state index contributed by atoms with van der Waals surface area (Å²) in [6.45, 7) is 2.39. The molecule has 0 saturated heterocycles. The van der Waals surface area contributed by atoms with Crippen molar-refractivity contribution in [3.63, 3.8) is 0 Å². The van der Waals surface area contributed by atoms with Crippen molar-refractivity contribution >= 4 is 17.3 Å². The molecule has 108 valence electrons. The Morgan fingerprint density at radius 3 is 3.15 bits per heavy atom. The Hall–Kier alpha value is -1.71. The van der Waals surface area contributed by atoms with Crippen LogP contribution in [0.1, 0.15) is 39.0 Å². The average Bonchev–Trinajstić information content (AvgIpc) is 2.47. The van der Waals surface area contributed by atoms with E-state index in [2.05, 4.69) is 17.6 Å². The number of rotatable bonds is 3. The van der Waals surface area contributed by atoms with E-state index >= 15 is 0 Å². The normalized spacial score (nSPS) is 25.4. The van der Waals surface area contributed by atoms with Gasteiger partial charge in [0.25, 0.3) is 5.91 Å². The van der Waals surface area contributed by atoms with Gasteiger partial charge in [-0.15, -0.1) is 0 Å². The van der Waals surface area contributed by atoms with Gasteiger partial charge in [0.1, 0.15) is 5.75 Å². The molecule has 1 saturated carbocycles. The number of amides is 1. The first kappa shape index (κ1) is 13.3. The standard InChI is InChI=1S/C16H22N2O2/c1-2-11-4-3-5-12(8-11)17-13-6-7-15-14(9-13)18-16(19)10-20-15/h6-7,9,11-12,17H,2-5,8,10H2,1H3,(H,18,19). The predicted octanol–water partition coefficient (Wildman–Crippen LogP) is 3.40. The Balaban J connectivity index is 1.68. The second kappa shape index (κ2) is 5.73. The molecule has 1 amide bonds. The van der Waals surface area contributed by atoms with Gasteiger partial charge < -0.3 is 15.4 Å². The van der Waals surface area contributed by atoms with Crippen molar-refractivity contribution in [2.45, 2.75) is 45.1 Å². The molecule has 2 atom stereocenters. The highest BCUT2D eigenvalue weighted by Gasteiger charge is 2.21. The Kier molecular flexibility index (Phi) is 3.81. The smallest absolute Gasteiger partial charge is 0.262 e. The van der Waals surface area contributed by atoms with Gasteiger partial charge in [0.05, 0.1) is 5.69 Å². The fraction of sp³-hybridized carbons (Fsp3) is 0.562. The van der Waals surface area contributed by atoms with Crippen molar-refractivity contribution in [2.75, 3.05) is 17.2 Å². The zero-order chi connectivity index (χ0) is 13.9. The fourth-order valence-corrected chi connectivity index (χ4v) is 3.20. The molecule has 3 rings (SSSR count). The molecule has 1 aromatic carbocycles. The summed E-state index contributed by atoms with van der Waals surface area (Å²) in [6, 6.07) is 6.48. The summed E-state index contributed by atoms with van der Waals surface area (Å²) < 4.78 is 5.38. The number of benzene rings is 1. The van der Waals surface area contributed by atoms with E-state index in [0.29, 0.717) is 6.04 Å². The van der Waals surface area contributed by atoms with Crippen LogP contribution in [0.25, 0.3) is 0 Å². The van der Waals surface area contributed by atoms with Crippen LogP contribution in [0.5, 0.6) is 5.75 Å². The Labute approximate surface area is 119 Å². The van der Waals surface area contributed by atoms with Gasteiger partial charge in [0.15, 0.2) is 6.61 Å². The summed E-state index contributed by atoms with van der Waals surface area (Å²) in [6.07, 6.45) is 6.42. The Morgan fingerprint density at radius 2 is 2.30 bits per heavy atom. The first-order valence-corrected chi connectivity index (χ1v) is 7.58. The van der Waals surface area contributed by atoms with Crippen molar-refractivity contribution in [1.29, 1.82) is 0 Å². The second-order valence-electron chi connectivity index (χ2n) is 5.83. The van der Waals surface area contributed by atoms with Crippen LogP contribution in [0.3, 0.4) is 0 Å². The lowest BCUT2D eigenvalue weighted by atomic mass is 9.84. The maximum atomic E-state index is 11.4. The van der Waals surface area contributed by atoms with E-state index in [0.717, 1.165) is 23.0 Å². The SMILES string of the molecule is CCC1CCCC(Nc2ccc3c(c2)NC(=O)CO3)C1. The van der Waals surface area contributed by atoms with Crippen molar-refractivity contribution < 1.29 is 9.53 Å². The quantitative estimate of drug-likeness (QED) is 0.888. The Morgan fingerprint density at radius 1 is 1.40 bits per heavy atom. The summed E-state index contributed by atoms with van der Waals surface area (Å²) in [5.41, 5.74) is 1.84. The van der Waals surface area contributed by atoms with Gasteiger partial charge in [-0.2, -0.15) is 0 Å². The zero-order valence-electron chi connectivity index (χ0n) is 11.9. The van der Waals surface area contributed by atoms with Crippen LogP contribution < -0.4 is 15.4 Å². The molecule has 1 aromatic rings. The van der Waals surface area contributed by atoms with Gasteiger partial charge in [0.2, 0.25) is 0 Å². The molecule has 0 radical (unpaired) electrons. The van der Waals surface area contributed by atoms with Gasteiger partial charge in [-0.3, -0.25) is 4.79 Å². The van der Waals surface area contributed by atoms with Crippen LogP contribution in [0.2, 0.25) is 0 Å². The number of carbonyl (C=O) groups is 1. The van der Waals surface area contributed by atoms with Gasteiger partial charge in [-0.1, -0.05) is 26.2 Å². The molecule has 0 aromatic heterocycles. The summed E-state index contributed by atoms with van der Waals surface area (Å²) in [7, 11) is 0. The van der Waals surface area contributed by atoms with Gasteiger partial charge in [-0.05, 0) is 37.0 Å². The number of hydrogen-bond acceptors (Lipinski definition) is 3. The fourth-order valence-electron chi connectivity index (χ4n) is 3.20. The average molecular weight is 274 g/mol. The third-order valence-corrected chi connectivity index (χ3v) is 4.34. The number of carbonyl (C=O) groups excluding carboxylic acids is 1. The third kappa shape index (κ3) is 2.89. The predicted molar refractivity (Wildman–Crippen MR) is 80.2 cm³/mol. The van der Waals surface area contributed by atoms with E-state index in [1.165, 1.54) is 32.1 Å². The molecule has 4 nitrogen and oxygen atoms in total. The largest absolute Gasteiger partial charge is 0.482 e. The van der Waals surface area contributed by atoms with Crippen LogP contribution in [0.4, 0.5) is 11.4 Å². The molecule has 2 unspecified atom stereocenters. The monoisotopic (exact) mass is 274 g/mol. The lowest BCUT2D eigenvalue weighted by Gasteiger charge is -2.30. The molecule has 4 heteroatoms. The van der Waals surface area contributed by atoms with E-state index in [9.17, 15) is 4.79 Å². The molecule has 1 heterocycles. The van der Waals surface area contributed by atoms with Gasteiger partial charge in [-0.25, -0.2) is 0 Å². The number of nitrogens with one attached hydrogen (secondary N) is 2. The molecule has 1 aliphatic heterocycles. The number of fused-ring (bicyclic) bond motifs is 1. The van der Waals surface area contributed by atoms with E-state index in [1.807, 2.05) is 18.2 Å². The van der Waals surface area contributed by atoms with Crippen LogP contribution in [-0.2, 0) is 4.79 Å².